The van der Waals surface area contributed by atoms with Crippen molar-refractivity contribution in [2.24, 2.45) is 0 Å². The molecule has 0 fully saturated rings. The van der Waals surface area contributed by atoms with E-state index in [0.717, 1.165) is 51.6 Å². The predicted octanol–water partition coefficient (Wildman–Crippen LogP) is 3.34. The first-order valence-corrected chi connectivity index (χ1v) is 7.90. The molecule has 0 aromatic carbocycles. The SMILES string of the molecule is CCCc1nc(NC)c(C)c(Sc2nc(C)cc(C)n2)n1. The van der Waals surface area contributed by atoms with Crippen LogP contribution >= 0.6 is 11.8 Å². The smallest absolute Gasteiger partial charge is 0.194 e. The molecular formula is C15H21N5S. The van der Waals surface area contributed by atoms with Crippen LogP contribution in [0.4, 0.5) is 5.82 Å². The van der Waals surface area contributed by atoms with Gasteiger partial charge in [0.2, 0.25) is 0 Å². The molecule has 2 aromatic rings. The second kappa shape index (κ2) is 6.85. The Morgan fingerprint density at radius 3 is 2.29 bits per heavy atom. The van der Waals surface area contributed by atoms with Crippen LogP contribution in [0.2, 0.25) is 0 Å². The van der Waals surface area contributed by atoms with E-state index in [9.17, 15) is 0 Å². The van der Waals surface area contributed by atoms with Gasteiger partial charge in [0.25, 0.3) is 0 Å². The highest BCUT2D eigenvalue weighted by Crippen LogP contribution is 2.29. The Labute approximate surface area is 130 Å². The van der Waals surface area contributed by atoms with Gasteiger partial charge in [-0.2, -0.15) is 0 Å². The van der Waals surface area contributed by atoms with Crippen molar-refractivity contribution in [3.05, 3.63) is 28.8 Å². The Morgan fingerprint density at radius 2 is 1.71 bits per heavy atom. The number of aromatic nitrogens is 4. The van der Waals surface area contributed by atoms with Crippen LogP contribution in [-0.4, -0.2) is 27.0 Å². The molecular weight excluding hydrogens is 282 g/mol. The molecule has 2 rings (SSSR count). The van der Waals surface area contributed by atoms with Gasteiger partial charge in [0, 0.05) is 30.4 Å². The maximum Gasteiger partial charge on any atom is 0.194 e. The summed E-state index contributed by atoms with van der Waals surface area (Å²) in [5.74, 6) is 1.74. The molecule has 0 unspecified atom stereocenters. The number of nitrogens with zero attached hydrogens (tertiary/aromatic N) is 4. The number of aryl methyl sites for hydroxylation is 3. The molecule has 0 radical (unpaired) electrons. The third-order valence-corrected chi connectivity index (χ3v) is 3.96. The number of hydrogen-bond donors (Lipinski definition) is 1. The zero-order valence-electron chi connectivity index (χ0n) is 13.2. The van der Waals surface area contributed by atoms with Gasteiger partial charge in [-0.3, -0.25) is 0 Å². The van der Waals surface area contributed by atoms with E-state index in [1.807, 2.05) is 33.9 Å². The fourth-order valence-electron chi connectivity index (χ4n) is 2.04. The molecule has 0 aliphatic rings. The van der Waals surface area contributed by atoms with Gasteiger partial charge in [-0.15, -0.1) is 0 Å². The summed E-state index contributed by atoms with van der Waals surface area (Å²) < 4.78 is 0. The molecule has 0 aliphatic heterocycles. The van der Waals surface area contributed by atoms with Gasteiger partial charge in [0.05, 0.1) is 0 Å². The van der Waals surface area contributed by atoms with Crippen LogP contribution in [0.25, 0.3) is 0 Å². The van der Waals surface area contributed by atoms with E-state index in [1.54, 1.807) is 0 Å². The highest BCUT2D eigenvalue weighted by Gasteiger charge is 2.13. The highest BCUT2D eigenvalue weighted by atomic mass is 32.2. The maximum absolute atomic E-state index is 4.66. The highest BCUT2D eigenvalue weighted by molar-refractivity contribution is 7.99. The molecule has 0 saturated carbocycles. The first kappa shape index (κ1) is 15.7. The summed E-state index contributed by atoms with van der Waals surface area (Å²) in [4.78, 5) is 18.1. The van der Waals surface area contributed by atoms with Crippen LogP contribution in [0.15, 0.2) is 16.2 Å². The van der Waals surface area contributed by atoms with Crippen molar-refractivity contribution in [1.29, 1.82) is 0 Å². The van der Waals surface area contributed by atoms with Crippen LogP contribution in [0.5, 0.6) is 0 Å². The molecule has 0 saturated heterocycles. The van der Waals surface area contributed by atoms with E-state index < -0.39 is 0 Å². The number of hydrogen-bond acceptors (Lipinski definition) is 6. The fourth-order valence-corrected chi connectivity index (χ4v) is 3.00. The quantitative estimate of drug-likeness (QED) is 0.675. The Kier molecular flexibility index (Phi) is 5.12. The minimum Gasteiger partial charge on any atom is -0.373 e. The zero-order valence-corrected chi connectivity index (χ0v) is 14.0. The molecule has 2 aromatic heterocycles. The van der Waals surface area contributed by atoms with Gasteiger partial charge in [-0.1, -0.05) is 6.92 Å². The lowest BCUT2D eigenvalue weighted by Gasteiger charge is -2.11. The van der Waals surface area contributed by atoms with Crippen molar-refractivity contribution in [3.63, 3.8) is 0 Å². The summed E-state index contributed by atoms with van der Waals surface area (Å²) in [6.07, 6.45) is 1.90. The second-order valence-electron chi connectivity index (χ2n) is 4.95. The Bertz CT molecular complexity index is 622. The van der Waals surface area contributed by atoms with Crippen molar-refractivity contribution in [3.8, 4) is 0 Å². The lowest BCUT2D eigenvalue weighted by Crippen LogP contribution is -2.05. The second-order valence-corrected chi connectivity index (χ2v) is 5.91. The summed E-state index contributed by atoms with van der Waals surface area (Å²) >= 11 is 1.50. The van der Waals surface area contributed by atoms with Crippen LogP contribution in [0.3, 0.4) is 0 Å². The average Bonchev–Trinajstić information content (AvgIpc) is 2.41. The van der Waals surface area contributed by atoms with Gasteiger partial charge >= 0.3 is 0 Å². The van der Waals surface area contributed by atoms with E-state index in [0.29, 0.717) is 0 Å². The molecule has 21 heavy (non-hydrogen) atoms. The minimum atomic E-state index is 0.735. The Hall–Kier alpha value is -1.69. The van der Waals surface area contributed by atoms with E-state index >= 15 is 0 Å². The largest absolute Gasteiger partial charge is 0.373 e. The molecule has 0 aliphatic carbocycles. The van der Waals surface area contributed by atoms with Gasteiger partial charge in [-0.05, 0) is 45.0 Å². The van der Waals surface area contributed by atoms with Gasteiger partial charge in [0.15, 0.2) is 5.16 Å². The molecule has 0 spiro atoms. The van der Waals surface area contributed by atoms with Crippen molar-refractivity contribution in [2.45, 2.75) is 50.7 Å². The summed E-state index contributed by atoms with van der Waals surface area (Å²) in [6, 6.07) is 1.97. The van der Waals surface area contributed by atoms with Gasteiger partial charge in [0.1, 0.15) is 16.7 Å². The van der Waals surface area contributed by atoms with Crippen LogP contribution in [0, 0.1) is 20.8 Å². The molecule has 112 valence electrons. The van der Waals surface area contributed by atoms with Crippen molar-refractivity contribution in [1.82, 2.24) is 19.9 Å². The number of nitrogens with one attached hydrogen (secondary N) is 1. The summed E-state index contributed by atoms with van der Waals surface area (Å²) in [5, 5.41) is 4.79. The summed E-state index contributed by atoms with van der Waals surface area (Å²) in [7, 11) is 1.88. The average molecular weight is 303 g/mol. The molecule has 2 heterocycles. The normalized spacial score (nSPS) is 10.7. The zero-order chi connectivity index (χ0) is 15.4. The summed E-state index contributed by atoms with van der Waals surface area (Å²) in [5.41, 5.74) is 2.98. The number of rotatable bonds is 5. The lowest BCUT2D eigenvalue weighted by molar-refractivity contribution is 0.801. The minimum absolute atomic E-state index is 0.735. The third kappa shape index (κ3) is 3.91. The fraction of sp³-hybridized carbons (Fsp3) is 0.467. The summed E-state index contributed by atoms with van der Waals surface area (Å²) in [6.45, 7) is 8.11. The topological polar surface area (TPSA) is 63.6 Å². The van der Waals surface area contributed by atoms with E-state index in [1.165, 1.54) is 11.8 Å². The standard InChI is InChI=1S/C15H21N5S/c1-6-7-12-19-13(16-5)11(4)14(20-12)21-15-17-9(2)8-10(3)18-15/h8H,6-7H2,1-5H3,(H,16,19,20). The molecule has 0 atom stereocenters. The van der Waals surface area contributed by atoms with Gasteiger partial charge in [-0.25, -0.2) is 19.9 Å². The Balaban J connectivity index is 2.39. The van der Waals surface area contributed by atoms with Gasteiger partial charge < -0.3 is 5.32 Å². The molecule has 0 amide bonds. The monoisotopic (exact) mass is 303 g/mol. The number of anilines is 1. The molecule has 5 nitrogen and oxygen atoms in total. The first-order valence-electron chi connectivity index (χ1n) is 7.09. The van der Waals surface area contributed by atoms with Crippen LogP contribution in [0.1, 0.15) is 36.1 Å². The maximum atomic E-state index is 4.66. The molecule has 6 heteroatoms. The van der Waals surface area contributed by atoms with Crippen molar-refractivity contribution < 1.29 is 0 Å². The van der Waals surface area contributed by atoms with E-state index in [2.05, 4.69) is 32.2 Å². The van der Waals surface area contributed by atoms with E-state index in [-0.39, 0.29) is 0 Å². The van der Waals surface area contributed by atoms with Crippen molar-refractivity contribution >= 4 is 17.6 Å². The van der Waals surface area contributed by atoms with Crippen molar-refractivity contribution in [2.75, 3.05) is 12.4 Å². The predicted molar refractivity (Wildman–Crippen MR) is 85.9 cm³/mol. The lowest BCUT2D eigenvalue weighted by atomic mass is 10.3. The van der Waals surface area contributed by atoms with Crippen LogP contribution in [-0.2, 0) is 6.42 Å². The van der Waals surface area contributed by atoms with Crippen LogP contribution < -0.4 is 5.32 Å². The Morgan fingerprint density at radius 1 is 1.05 bits per heavy atom. The molecule has 0 bridgehead atoms. The third-order valence-electron chi connectivity index (χ3n) is 3.01. The first-order chi connectivity index (χ1) is 10.0. The molecule has 1 N–H and O–H groups in total. The van der Waals surface area contributed by atoms with E-state index in [4.69, 9.17) is 0 Å².